The summed E-state index contributed by atoms with van der Waals surface area (Å²) in [6.45, 7) is 0. The van der Waals surface area contributed by atoms with Gasteiger partial charge in [0.2, 0.25) is 15.9 Å². The molecule has 0 saturated heterocycles. The van der Waals surface area contributed by atoms with Gasteiger partial charge in [-0.2, -0.15) is 0 Å². The summed E-state index contributed by atoms with van der Waals surface area (Å²) >= 11 is 0. The number of nitrogens with two attached hydrogens (primary N) is 1. The quantitative estimate of drug-likeness (QED) is 0.673. The Hall–Kier alpha value is -0.230. The standard InChI is InChI=1S/C5H9F2NO2S/c6-5(7)1-4(2-5)3-11(8,9)10/h4H,1-3H2,(H2,8,9,10). The predicted octanol–water partition coefficient (Wildman–Crippen LogP) is 0.320. The number of primary sulfonamides is 1. The van der Waals surface area contributed by atoms with Gasteiger partial charge in [-0.3, -0.25) is 0 Å². The van der Waals surface area contributed by atoms with Gasteiger partial charge in [0.25, 0.3) is 0 Å². The second kappa shape index (κ2) is 2.38. The maximum absolute atomic E-state index is 12.1. The van der Waals surface area contributed by atoms with Gasteiger partial charge in [0.1, 0.15) is 0 Å². The molecule has 0 unspecified atom stereocenters. The molecule has 0 radical (unpaired) electrons. The molecule has 1 fully saturated rings. The van der Waals surface area contributed by atoms with E-state index in [2.05, 4.69) is 5.14 Å². The van der Waals surface area contributed by atoms with Gasteiger partial charge in [0, 0.05) is 12.8 Å². The molecule has 3 nitrogen and oxygen atoms in total. The first-order chi connectivity index (χ1) is 4.79. The molecule has 0 amide bonds. The van der Waals surface area contributed by atoms with Gasteiger partial charge in [-0.25, -0.2) is 22.3 Å². The molecular weight excluding hydrogens is 176 g/mol. The van der Waals surface area contributed by atoms with E-state index in [1.165, 1.54) is 0 Å². The Bertz CT molecular complexity index is 241. The topological polar surface area (TPSA) is 60.2 Å². The van der Waals surface area contributed by atoms with Crippen molar-refractivity contribution >= 4 is 10.0 Å². The van der Waals surface area contributed by atoms with Crippen molar-refractivity contribution in [3.8, 4) is 0 Å². The van der Waals surface area contributed by atoms with Crippen molar-refractivity contribution in [1.29, 1.82) is 0 Å². The normalized spacial score (nSPS) is 24.6. The molecule has 0 heterocycles. The van der Waals surface area contributed by atoms with Crippen LogP contribution in [0.4, 0.5) is 8.78 Å². The third-order valence-electron chi connectivity index (χ3n) is 1.64. The maximum Gasteiger partial charge on any atom is 0.248 e. The van der Waals surface area contributed by atoms with Crippen molar-refractivity contribution in [2.24, 2.45) is 11.1 Å². The first-order valence-electron chi connectivity index (χ1n) is 3.17. The van der Waals surface area contributed by atoms with E-state index in [4.69, 9.17) is 0 Å². The average Bonchev–Trinajstić information content (AvgIpc) is 1.53. The number of halogens is 2. The average molecular weight is 185 g/mol. The van der Waals surface area contributed by atoms with E-state index < -0.39 is 21.9 Å². The van der Waals surface area contributed by atoms with E-state index in [1.807, 2.05) is 0 Å². The van der Waals surface area contributed by atoms with Crippen molar-refractivity contribution in [3.05, 3.63) is 0 Å². The summed E-state index contributed by atoms with van der Waals surface area (Å²) in [7, 11) is -3.57. The molecule has 1 aliphatic rings. The van der Waals surface area contributed by atoms with E-state index in [0.717, 1.165) is 0 Å². The Morgan fingerprint density at radius 2 is 1.91 bits per heavy atom. The van der Waals surface area contributed by atoms with E-state index in [9.17, 15) is 17.2 Å². The maximum atomic E-state index is 12.1. The first kappa shape index (κ1) is 8.86. The van der Waals surface area contributed by atoms with Gasteiger partial charge in [-0.05, 0) is 5.92 Å². The minimum atomic E-state index is -3.57. The summed E-state index contributed by atoms with van der Waals surface area (Å²) in [6.07, 6.45) is -0.688. The molecule has 1 rings (SSSR count). The van der Waals surface area contributed by atoms with Gasteiger partial charge in [-0.1, -0.05) is 0 Å². The van der Waals surface area contributed by atoms with Crippen LogP contribution in [0.3, 0.4) is 0 Å². The number of hydrogen-bond acceptors (Lipinski definition) is 2. The van der Waals surface area contributed by atoms with Crippen LogP contribution < -0.4 is 5.14 Å². The molecule has 0 aromatic rings. The Balaban J connectivity index is 2.36. The van der Waals surface area contributed by atoms with Crippen molar-refractivity contribution in [3.63, 3.8) is 0 Å². The second-order valence-electron chi connectivity index (χ2n) is 2.96. The highest BCUT2D eigenvalue weighted by Crippen LogP contribution is 2.42. The van der Waals surface area contributed by atoms with E-state index >= 15 is 0 Å². The molecule has 11 heavy (non-hydrogen) atoms. The van der Waals surface area contributed by atoms with Gasteiger partial charge in [0.15, 0.2) is 0 Å². The zero-order chi connectivity index (χ0) is 8.70. The minimum Gasteiger partial charge on any atom is -0.229 e. The van der Waals surface area contributed by atoms with E-state index in [-0.39, 0.29) is 18.6 Å². The summed E-state index contributed by atoms with van der Waals surface area (Å²) in [5.74, 6) is -3.42. The van der Waals surface area contributed by atoms with Crippen LogP contribution in [0.15, 0.2) is 0 Å². The highest BCUT2D eigenvalue weighted by molar-refractivity contribution is 7.89. The fourth-order valence-corrected chi connectivity index (χ4v) is 2.12. The zero-order valence-corrected chi connectivity index (χ0v) is 6.57. The summed E-state index contributed by atoms with van der Waals surface area (Å²) in [4.78, 5) is 0. The molecule has 0 bridgehead atoms. The Kier molecular flexibility index (Phi) is 1.92. The van der Waals surface area contributed by atoms with Gasteiger partial charge in [-0.15, -0.1) is 0 Å². The lowest BCUT2D eigenvalue weighted by molar-refractivity contribution is -0.103. The third-order valence-corrected chi connectivity index (χ3v) is 2.58. The second-order valence-corrected chi connectivity index (χ2v) is 4.62. The molecule has 2 N–H and O–H groups in total. The molecule has 6 heteroatoms. The molecule has 0 aromatic carbocycles. The predicted molar refractivity (Wildman–Crippen MR) is 35.6 cm³/mol. The lowest BCUT2D eigenvalue weighted by atomic mass is 9.83. The first-order valence-corrected chi connectivity index (χ1v) is 4.88. The monoisotopic (exact) mass is 185 g/mol. The van der Waals surface area contributed by atoms with Crippen molar-refractivity contribution in [2.75, 3.05) is 5.75 Å². The number of sulfonamides is 1. The van der Waals surface area contributed by atoms with Crippen LogP contribution in [0.2, 0.25) is 0 Å². The SMILES string of the molecule is NS(=O)(=O)CC1CC(F)(F)C1. The van der Waals surface area contributed by atoms with Gasteiger partial charge < -0.3 is 0 Å². The van der Waals surface area contributed by atoms with Crippen molar-refractivity contribution < 1.29 is 17.2 Å². The number of hydrogen-bond donors (Lipinski definition) is 1. The lowest BCUT2D eigenvalue weighted by Crippen LogP contribution is -2.40. The van der Waals surface area contributed by atoms with Crippen LogP contribution >= 0.6 is 0 Å². The molecular formula is C5H9F2NO2S. The van der Waals surface area contributed by atoms with E-state index in [1.54, 1.807) is 0 Å². The smallest absolute Gasteiger partial charge is 0.229 e. The molecule has 0 spiro atoms. The fraction of sp³-hybridized carbons (Fsp3) is 1.00. The van der Waals surface area contributed by atoms with Crippen molar-refractivity contribution in [2.45, 2.75) is 18.8 Å². The van der Waals surface area contributed by atoms with Crippen molar-refractivity contribution in [1.82, 2.24) is 0 Å². The molecule has 1 aliphatic carbocycles. The summed E-state index contributed by atoms with van der Waals surface area (Å²) < 4.78 is 45.0. The lowest BCUT2D eigenvalue weighted by Gasteiger charge is -2.33. The molecule has 0 aromatic heterocycles. The summed E-state index contributed by atoms with van der Waals surface area (Å²) in [6, 6.07) is 0. The molecule has 0 aliphatic heterocycles. The van der Waals surface area contributed by atoms with Crippen LogP contribution in [0.1, 0.15) is 12.8 Å². The number of rotatable bonds is 2. The van der Waals surface area contributed by atoms with Crippen LogP contribution in [0, 0.1) is 5.92 Å². The van der Waals surface area contributed by atoms with Crippen LogP contribution in [-0.2, 0) is 10.0 Å². The summed E-state index contributed by atoms with van der Waals surface area (Å²) in [5, 5.41) is 4.66. The highest BCUT2D eigenvalue weighted by Gasteiger charge is 2.46. The number of alkyl halides is 2. The van der Waals surface area contributed by atoms with Crippen LogP contribution in [-0.4, -0.2) is 20.1 Å². The molecule has 66 valence electrons. The largest absolute Gasteiger partial charge is 0.248 e. The van der Waals surface area contributed by atoms with Gasteiger partial charge in [0.05, 0.1) is 5.75 Å². The highest BCUT2D eigenvalue weighted by atomic mass is 32.2. The zero-order valence-electron chi connectivity index (χ0n) is 5.76. The Morgan fingerprint density at radius 1 is 1.45 bits per heavy atom. The van der Waals surface area contributed by atoms with Crippen LogP contribution in [0.5, 0.6) is 0 Å². The third kappa shape index (κ3) is 2.70. The summed E-state index contributed by atoms with van der Waals surface area (Å²) in [5.41, 5.74) is 0. The Morgan fingerprint density at radius 3 is 2.18 bits per heavy atom. The fourth-order valence-electron chi connectivity index (χ4n) is 1.23. The Labute approximate surface area is 63.6 Å². The van der Waals surface area contributed by atoms with Gasteiger partial charge >= 0.3 is 0 Å². The van der Waals surface area contributed by atoms with Crippen LogP contribution in [0.25, 0.3) is 0 Å². The molecule has 1 saturated carbocycles. The van der Waals surface area contributed by atoms with E-state index in [0.29, 0.717) is 0 Å². The minimum absolute atomic E-state index is 0.317. The molecule has 0 atom stereocenters.